The SMILES string of the molecule is C#CC(CCC)NS(=O)(=O)c1cccc(F)c1N. The number of para-hydroxylation sites is 1. The number of nitrogen functional groups attached to an aromatic ring is 1. The lowest BCUT2D eigenvalue weighted by atomic mass is 10.2. The van der Waals surface area contributed by atoms with E-state index in [4.69, 9.17) is 12.2 Å². The number of nitrogens with two attached hydrogens (primary N) is 1. The van der Waals surface area contributed by atoms with Gasteiger partial charge in [0.2, 0.25) is 10.0 Å². The van der Waals surface area contributed by atoms with Gasteiger partial charge in [-0.1, -0.05) is 25.3 Å². The lowest BCUT2D eigenvalue weighted by Gasteiger charge is -2.14. The molecule has 1 atom stereocenters. The molecule has 1 aromatic carbocycles. The van der Waals surface area contributed by atoms with Crippen LogP contribution in [0.25, 0.3) is 0 Å². The number of anilines is 1. The van der Waals surface area contributed by atoms with E-state index in [9.17, 15) is 12.8 Å². The van der Waals surface area contributed by atoms with E-state index in [0.29, 0.717) is 6.42 Å². The third kappa shape index (κ3) is 3.22. The van der Waals surface area contributed by atoms with E-state index in [0.717, 1.165) is 12.5 Å². The van der Waals surface area contributed by atoms with Gasteiger partial charge in [0.1, 0.15) is 10.7 Å². The average molecular weight is 270 g/mol. The minimum Gasteiger partial charge on any atom is -0.395 e. The van der Waals surface area contributed by atoms with Crippen molar-refractivity contribution in [3.8, 4) is 12.3 Å². The van der Waals surface area contributed by atoms with E-state index >= 15 is 0 Å². The molecule has 0 heterocycles. The van der Waals surface area contributed by atoms with Gasteiger partial charge in [-0.25, -0.2) is 12.8 Å². The molecule has 0 saturated heterocycles. The van der Waals surface area contributed by atoms with Crippen LogP contribution in [-0.4, -0.2) is 14.5 Å². The molecule has 0 radical (unpaired) electrons. The lowest BCUT2D eigenvalue weighted by molar-refractivity contribution is 0.562. The van der Waals surface area contributed by atoms with Gasteiger partial charge in [-0.2, -0.15) is 4.72 Å². The normalized spacial score (nSPS) is 12.9. The summed E-state index contributed by atoms with van der Waals surface area (Å²) in [6, 6.07) is 2.99. The van der Waals surface area contributed by atoms with E-state index < -0.39 is 27.6 Å². The molecule has 1 rings (SSSR count). The summed E-state index contributed by atoms with van der Waals surface area (Å²) in [6.45, 7) is 1.88. The number of nitrogens with one attached hydrogen (secondary N) is 1. The monoisotopic (exact) mass is 270 g/mol. The van der Waals surface area contributed by atoms with E-state index in [1.165, 1.54) is 12.1 Å². The predicted molar refractivity (Wildman–Crippen MR) is 68.7 cm³/mol. The Morgan fingerprint density at radius 1 is 1.56 bits per heavy atom. The summed E-state index contributed by atoms with van der Waals surface area (Å²) in [4.78, 5) is -0.293. The van der Waals surface area contributed by atoms with Crippen molar-refractivity contribution < 1.29 is 12.8 Å². The highest BCUT2D eigenvalue weighted by molar-refractivity contribution is 7.89. The van der Waals surface area contributed by atoms with Gasteiger partial charge in [0.05, 0.1) is 11.7 Å². The largest absolute Gasteiger partial charge is 0.395 e. The van der Waals surface area contributed by atoms with Crippen molar-refractivity contribution in [1.29, 1.82) is 0 Å². The van der Waals surface area contributed by atoms with Crippen LogP contribution in [-0.2, 0) is 10.0 Å². The van der Waals surface area contributed by atoms with Gasteiger partial charge in [-0.15, -0.1) is 6.42 Å². The molecule has 0 spiro atoms. The Kier molecular flexibility index (Phi) is 4.70. The fourth-order valence-electron chi connectivity index (χ4n) is 1.47. The number of hydrogen-bond acceptors (Lipinski definition) is 3. The van der Waals surface area contributed by atoms with Crippen LogP contribution in [0.3, 0.4) is 0 Å². The number of benzene rings is 1. The lowest BCUT2D eigenvalue weighted by Crippen LogP contribution is -2.34. The summed E-state index contributed by atoms with van der Waals surface area (Å²) < 4.78 is 39.5. The second kappa shape index (κ2) is 5.85. The van der Waals surface area contributed by atoms with Crippen molar-refractivity contribution in [2.24, 2.45) is 0 Å². The van der Waals surface area contributed by atoms with Crippen molar-refractivity contribution in [2.45, 2.75) is 30.7 Å². The maximum Gasteiger partial charge on any atom is 0.243 e. The molecule has 0 saturated carbocycles. The molecule has 0 aliphatic rings. The molecule has 4 nitrogen and oxygen atoms in total. The second-order valence-corrected chi connectivity index (χ2v) is 5.46. The molecule has 1 aromatic rings. The first kappa shape index (κ1) is 14.5. The average Bonchev–Trinajstić information content (AvgIpc) is 2.31. The fourth-order valence-corrected chi connectivity index (χ4v) is 2.80. The van der Waals surface area contributed by atoms with Crippen molar-refractivity contribution >= 4 is 15.7 Å². The smallest absolute Gasteiger partial charge is 0.243 e. The van der Waals surface area contributed by atoms with Crippen molar-refractivity contribution in [1.82, 2.24) is 4.72 Å². The number of hydrogen-bond donors (Lipinski definition) is 2. The summed E-state index contributed by atoms with van der Waals surface area (Å²) >= 11 is 0. The van der Waals surface area contributed by atoms with Crippen LogP contribution in [0.5, 0.6) is 0 Å². The van der Waals surface area contributed by atoms with Crippen LogP contribution in [0.1, 0.15) is 19.8 Å². The van der Waals surface area contributed by atoms with Crippen molar-refractivity contribution in [3.05, 3.63) is 24.0 Å². The number of sulfonamides is 1. The van der Waals surface area contributed by atoms with Crippen molar-refractivity contribution in [3.63, 3.8) is 0 Å². The summed E-state index contributed by atoms with van der Waals surface area (Å²) in [5.74, 6) is 1.57. The Bertz CT molecular complexity index is 564. The summed E-state index contributed by atoms with van der Waals surface area (Å²) in [7, 11) is -3.90. The van der Waals surface area contributed by atoms with Crippen LogP contribution in [0, 0.1) is 18.2 Å². The van der Waals surface area contributed by atoms with Crippen LogP contribution in [0.15, 0.2) is 23.1 Å². The standard InChI is InChI=1S/C12H15FN2O2S/c1-3-6-9(4-2)15-18(16,17)11-8-5-7-10(13)12(11)14/h2,5,7-9,15H,3,6,14H2,1H3. The van der Waals surface area contributed by atoms with Gasteiger partial charge >= 0.3 is 0 Å². The van der Waals surface area contributed by atoms with Gasteiger partial charge in [-0.3, -0.25) is 0 Å². The van der Waals surface area contributed by atoms with E-state index in [-0.39, 0.29) is 4.90 Å². The van der Waals surface area contributed by atoms with Crippen LogP contribution >= 0.6 is 0 Å². The van der Waals surface area contributed by atoms with Crippen LogP contribution in [0.2, 0.25) is 0 Å². The zero-order valence-electron chi connectivity index (χ0n) is 9.98. The molecule has 1 unspecified atom stereocenters. The Hall–Kier alpha value is -1.58. The quantitative estimate of drug-likeness (QED) is 0.629. The molecule has 18 heavy (non-hydrogen) atoms. The zero-order valence-corrected chi connectivity index (χ0v) is 10.8. The Morgan fingerprint density at radius 3 is 2.78 bits per heavy atom. The highest BCUT2D eigenvalue weighted by atomic mass is 32.2. The number of halogens is 1. The number of rotatable bonds is 5. The van der Waals surface area contributed by atoms with Gasteiger partial charge in [0.25, 0.3) is 0 Å². The summed E-state index contributed by atoms with van der Waals surface area (Å²) in [5, 5.41) is 0. The molecule has 0 fully saturated rings. The highest BCUT2D eigenvalue weighted by Crippen LogP contribution is 2.21. The number of terminal acetylenes is 1. The molecule has 0 aliphatic carbocycles. The fraction of sp³-hybridized carbons (Fsp3) is 0.333. The summed E-state index contributed by atoms with van der Waals surface area (Å²) in [5.41, 5.74) is 5.01. The predicted octanol–water partition coefficient (Wildman–Crippen LogP) is 1.49. The molecule has 3 N–H and O–H groups in total. The minimum absolute atomic E-state index is 0.293. The zero-order chi connectivity index (χ0) is 13.8. The molecule has 0 bridgehead atoms. The molecule has 0 aliphatic heterocycles. The minimum atomic E-state index is -3.90. The third-order valence-electron chi connectivity index (χ3n) is 2.38. The molecular formula is C12H15FN2O2S. The topological polar surface area (TPSA) is 72.2 Å². The first-order valence-corrected chi connectivity index (χ1v) is 6.93. The molecule has 98 valence electrons. The van der Waals surface area contributed by atoms with Gasteiger partial charge in [0, 0.05) is 0 Å². The third-order valence-corrected chi connectivity index (χ3v) is 3.91. The van der Waals surface area contributed by atoms with Gasteiger partial charge in [0.15, 0.2) is 0 Å². The Morgan fingerprint density at radius 2 is 2.22 bits per heavy atom. The van der Waals surface area contributed by atoms with E-state index in [2.05, 4.69) is 10.6 Å². The Labute approximate surface area is 106 Å². The van der Waals surface area contributed by atoms with E-state index in [1.54, 1.807) is 0 Å². The molecule has 0 amide bonds. The highest BCUT2D eigenvalue weighted by Gasteiger charge is 2.22. The first-order chi connectivity index (χ1) is 8.42. The maximum absolute atomic E-state index is 13.2. The molecule has 6 heteroatoms. The van der Waals surface area contributed by atoms with Gasteiger partial charge < -0.3 is 5.73 Å². The Balaban J connectivity index is 3.07. The van der Waals surface area contributed by atoms with Crippen molar-refractivity contribution in [2.75, 3.05) is 5.73 Å². The maximum atomic E-state index is 13.2. The van der Waals surface area contributed by atoms with Gasteiger partial charge in [-0.05, 0) is 18.6 Å². The molecule has 0 aromatic heterocycles. The van der Waals surface area contributed by atoms with Crippen LogP contribution in [0.4, 0.5) is 10.1 Å². The summed E-state index contributed by atoms with van der Waals surface area (Å²) in [6.07, 6.45) is 6.47. The molecular weight excluding hydrogens is 255 g/mol. The first-order valence-electron chi connectivity index (χ1n) is 5.44. The van der Waals surface area contributed by atoms with E-state index in [1.807, 2.05) is 6.92 Å². The second-order valence-electron chi connectivity index (χ2n) is 3.78. The van der Waals surface area contributed by atoms with Crippen LogP contribution < -0.4 is 10.5 Å².